The molecule has 1 atom stereocenters. The van der Waals surface area contributed by atoms with Crippen molar-refractivity contribution >= 4 is 23.4 Å². The zero-order valence-electron chi connectivity index (χ0n) is 18.7. The lowest BCUT2D eigenvalue weighted by Crippen LogP contribution is -2.51. The second kappa shape index (κ2) is 11.8. The van der Waals surface area contributed by atoms with Crippen LogP contribution in [-0.4, -0.2) is 42.5 Å². The molecule has 1 fully saturated rings. The minimum absolute atomic E-state index is 0.149. The molecule has 32 heavy (non-hydrogen) atoms. The third-order valence-corrected chi connectivity index (χ3v) is 6.02. The van der Waals surface area contributed by atoms with Crippen LogP contribution in [0.15, 0.2) is 48.5 Å². The Kier molecular flexibility index (Phi) is 8.80. The summed E-state index contributed by atoms with van der Waals surface area (Å²) in [5.74, 6) is 0.585. The van der Waals surface area contributed by atoms with E-state index in [2.05, 4.69) is 5.32 Å². The van der Waals surface area contributed by atoms with Crippen molar-refractivity contribution in [2.45, 2.75) is 57.7 Å². The number of amides is 2. The molecule has 2 aromatic carbocycles. The van der Waals surface area contributed by atoms with Crippen molar-refractivity contribution in [1.82, 2.24) is 10.2 Å². The van der Waals surface area contributed by atoms with Crippen LogP contribution >= 0.6 is 11.6 Å². The highest BCUT2D eigenvalue weighted by Gasteiger charge is 2.28. The van der Waals surface area contributed by atoms with Crippen molar-refractivity contribution in [1.29, 1.82) is 0 Å². The fraction of sp³-hybridized carbons (Fsp3) is 0.440. The summed E-state index contributed by atoms with van der Waals surface area (Å²) in [7, 11) is 1.55. The van der Waals surface area contributed by atoms with Crippen LogP contribution in [0.3, 0.4) is 0 Å². The zero-order valence-corrected chi connectivity index (χ0v) is 19.4. The fourth-order valence-corrected chi connectivity index (χ4v) is 4.16. The van der Waals surface area contributed by atoms with Gasteiger partial charge < -0.3 is 19.7 Å². The van der Waals surface area contributed by atoms with Crippen molar-refractivity contribution in [2.24, 2.45) is 0 Å². The van der Waals surface area contributed by atoms with E-state index in [-0.39, 0.29) is 31.0 Å². The van der Waals surface area contributed by atoms with Gasteiger partial charge in [-0.1, -0.05) is 55.1 Å². The van der Waals surface area contributed by atoms with Gasteiger partial charge in [-0.05, 0) is 49.6 Å². The molecule has 3 rings (SSSR count). The topological polar surface area (TPSA) is 67.9 Å². The first-order valence-corrected chi connectivity index (χ1v) is 11.5. The minimum atomic E-state index is -0.648. The molecule has 0 radical (unpaired) electrons. The number of ether oxygens (including phenoxy) is 2. The number of para-hydroxylation sites is 2. The molecular weight excluding hydrogens is 428 g/mol. The molecule has 1 saturated carbocycles. The van der Waals surface area contributed by atoms with Crippen LogP contribution in [0.25, 0.3) is 0 Å². The second-order valence-corrected chi connectivity index (χ2v) is 8.55. The Hall–Kier alpha value is -2.73. The molecule has 0 bridgehead atoms. The number of nitrogens with zero attached hydrogens (tertiary/aromatic N) is 1. The molecule has 0 heterocycles. The molecule has 0 spiro atoms. The number of benzene rings is 2. The Morgan fingerprint density at radius 3 is 2.50 bits per heavy atom. The first-order valence-electron chi connectivity index (χ1n) is 11.1. The molecule has 1 N–H and O–H groups in total. The maximum Gasteiger partial charge on any atom is 0.261 e. The van der Waals surface area contributed by atoms with E-state index < -0.39 is 6.04 Å². The van der Waals surface area contributed by atoms with Crippen LogP contribution in [0, 0.1) is 0 Å². The first kappa shape index (κ1) is 23.9. The van der Waals surface area contributed by atoms with Crippen LogP contribution in [0.1, 0.15) is 44.6 Å². The molecule has 0 aromatic heterocycles. The van der Waals surface area contributed by atoms with E-state index in [1.807, 2.05) is 24.3 Å². The highest BCUT2D eigenvalue weighted by atomic mass is 35.5. The largest absolute Gasteiger partial charge is 0.493 e. The SMILES string of the molecule is COc1ccccc1OCC(=O)N(Cc1cccc(Cl)c1)C(C)C(=O)NC1CCCCC1. The van der Waals surface area contributed by atoms with Gasteiger partial charge in [0.1, 0.15) is 6.04 Å². The molecule has 1 unspecified atom stereocenters. The van der Waals surface area contributed by atoms with Gasteiger partial charge in [0.25, 0.3) is 5.91 Å². The van der Waals surface area contributed by atoms with Crippen molar-refractivity contribution in [3.63, 3.8) is 0 Å². The molecule has 0 aliphatic heterocycles. The smallest absolute Gasteiger partial charge is 0.261 e. The predicted octanol–water partition coefficient (Wildman–Crippen LogP) is 4.59. The van der Waals surface area contributed by atoms with E-state index in [9.17, 15) is 9.59 Å². The van der Waals surface area contributed by atoms with Crippen LogP contribution in [0.5, 0.6) is 11.5 Å². The van der Waals surface area contributed by atoms with Gasteiger partial charge in [-0.2, -0.15) is 0 Å². The summed E-state index contributed by atoms with van der Waals surface area (Å²) in [6.07, 6.45) is 5.42. The van der Waals surface area contributed by atoms with Crippen LogP contribution in [-0.2, 0) is 16.1 Å². The van der Waals surface area contributed by atoms with E-state index in [0.29, 0.717) is 16.5 Å². The summed E-state index contributed by atoms with van der Waals surface area (Å²) >= 11 is 6.13. The maximum absolute atomic E-state index is 13.2. The predicted molar refractivity (Wildman–Crippen MR) is 125 cm³/mol. The molecule has 2 amide bonds. The number of halogens is 1. The number of carbonyl (C=O) groups is 2. The lowest BCUT2D eigenvalue weighted by molar-refractivity contribution is -0.142. The van der Waals surface area contributed by atoms with Crippen LogP contribution in [0.2, 0.25) is 5.02 Å². The zero-order chi connectivity index (χ0) is 22.9. The van der Waals surface area contributed by atoms with Crippen LogP contribution < -0.4 is 14.8 Å². The van der Waals surface area contributed by atoms with E-state index in [1.54, 1.807) is 43.2 Å². The Morgan fingerprint density at radius 2 is 1.81 bits per heavy atom. The minimum Gasteiger partial charge on any atom is -0.493 e. The number of carbonyl (C=O) groups excluding carboxylic acids is 2. The maximum atomic E-state index is 13.2. The monoisotopic (exact) mass is 458 g/mol. The number of rotatable bonds is 9. The van der Waals surface area contributed by atoms with Gasteiger partial charge in [-0.3, -0.25) is 9.59 Å². The van der Waals surface area contributed by atoms with E-state index >= 15 is 0 Å². The molecule has 1 aliphatic rings. The van der Waals surface area contributed by atoms with E-state index in [4.69, 9.17) is 21.1 Å². The average Bonchev–Trinajstić information content (AvgIpc) is 2.81. The summed E-state index contributed by atoms with van der Waals surface area (Å²) in [5, 5.41) is 3.71. The summed E-state index contributed by atoms with van der Waals surface area (Å²) in [6.45, 7) is 1.81. The number of hydrogen-bond donors (Lipinski definition) is 1. The van der Waals surface area contributed by atoms with Crippen molar-refractivity contribution in [3.05, 3.63) is 59.1 Å². The number of nitrogens with one attached hydrogen (secondary N) is 1. The van der Waals surface area contributed by atoms with Gasteiger partial charge in [0.2, 0.25) is 5.91 Å². The number of methoxy groups -OCH3 is 1. The second-order valence-electron chi connectivity index (χ2n) is 8.11. The summed E-state index contributed by atoms with van der Waals surface area (Å²) < 4.78 is 11.0. The van der Waals surface area contributed by atoms with Crippen molar-refractivity contribution in [3.8, 4) is 11.5 Å². The van der Waals surface area contributed by atoms with Gasteiger partial charge in [-0.25, -0.2) is 0 Å². The molecule has 7 heteroatoms. The Bertz CT molecular complexity index is 914. The Labute approximate surface area is 194 Å². The molecule has 0 saturated heterocycles. The highest BCUT2D eigenvalue weighted by Crippen LogP contribution is 2.26. The van der Waals surface area contributed by atoms with Crippen molar-refractivity contribution < 1.29 is 19.1 Å². The van der Waals surface area contributed by atoms with E-state index in [1.165, 1.54) is 6.42 Å². The lowest BCUT2D eigenvalue weighted by atomic mass is 9.95. The normalized spacial score (nSPS) is 15.0. The molecule has 172 valence electrons. The first-order chi connectivity index (χ1) is 15.5. The molecule has 1 aliphatic carbocycles. The Balaban J connectivity index is 1.72. The van der Waals surface area contributed by atoms with Gasteiger partial charge in [0.15, 0.2) is 18.1 Å². The third kappa shape index (κ3) is 6.63. The van der Waals surface area contributed by atoms with Gasteiger partial charge in [0.05, 0.1) is 7.11 Å². The van der Waals surface area contributed by atoms with Gasteiger partial charge in [0, 0.05) is 17.6 Å². The Morgan fingerprint density at radius 1 is 1.09 bits per heavy atom. The molecule has 2 aromatic rings. The summed E-state index contributed by atoms with van der Waals surface area (Å²) in [6, 6.07) is 14.0. The van der Waals surface area contributed by atoms with Crippen molar-refractivity contribution in [2.75, 3.05) is 13.7 Å². The lowest BCUT2D eigenvalue weighted by Gasteiger charge is -2.31. The highest BCUT2D eigenvalue weighted by molar-refractivity contribution is 6.30. The van der Waals surface area contributed by atoms with E-state index in [0.717, 1.165) is 31.2 Å². The quantitative estimate of drug-likeness (QED) is 0.596. The average molecular weight is 459 g/mol. The number of hydrogen-bond acceptors (Lipinski definition) is 4. The third-order valence-electron chi connectivity index (χ3n) is 5.78. The molecular formula is C25H31ClN2O4. The summed E-state index contributed by atoms with van der Waals surface area (Å²) in [5.41, 5.74) is 0.848. The molecule has 6 nitrogen and oxygen atoms in total. The summed E-state index contributed by atoms with van der Waals surface area (Å²) in [4.78, 5) is 27.7. The standard InChI is InChI=1S/C25H31ClN2O4/c1-18(25(30)27-21-11-4-3-5-12-21)28(16-19-9-8-10-20(26)15-19)24(29)17-32-23-14-7-6-13-22(23)31-2/h6-10,13-15,18,21H,3-5,11-12,16-17H2,1-2H3,(H,27,30). The fourth-order valence-electron chi connectivity index (χ4n) is 3.94. The van der Waals surface area contributed by atoms with Crippen LogP contribution in [0.4, 0.5) is 0 Å². The van der Waals surface area contributed by atoms with Gasteiger partial charge in [-0.15, -0.1) is 0 Å². The van der Waals surface area contributed by atoms with Gasteiger partial charge >= 0.3 is 0 Å².